The maximum atomic E-state index is 12.8. The van der Waals surface area contributed by atoms with E-state index in [1.165, 1.54) is 37.2 Å². The monoisotopic (exact) mass is 524 g/mol. The number of nitriles is 1. The number of piperidine rings is 1. The predicted octanol–water partition coefficient (Wildman–Crippen LogP) is 7.39. The average molecular weight is 525 g/mol. The number of anilines is 2. The summed E-state index contributed by atoms with van der Waals surface area (Å²) in [5.41, 5.74) is 2.04. The molecule has 3 atom stereocenters. The predicted molar refractivity (Wildman–Crippen MR) is 139 cm³/mol. The quantitative estimate of drug-likeness (QED) is 0.347. The van der Waals surface area contributed by atoms with Crippen LogP contribution in [0.3, 0.4) is 0 Å². The first-order valence-corrected chi connectivity index (χ1v) is 13.2. The van der Waals surface area contributed by atoms with E-state index < -0.39 is 6.36 Å². The Balaban J connectivity index is 1.24. The highest BCUT2D eigenvalue weighted by molar-refractivity contribution is 5.65. The lowest BCUT2D eigenvalue weighted by molar-refractivity contribution is -0.274. The van der Waals surface area contributed by atoms with Gasteiger partial charge in [-0.2, -0.15) is 5.26 Å². The second kappa shape index (κ2) is 11.4. The van der Waals surface area contributed by atoms with Crippen LogP contribution < -0.4 is 15.0 Å². The number of ether oxygens (including phenoxy) is 1. The maximum absolute atomic E-state index is 12.8. The molecule has 0 bridgehead atoms. The van der Waals surface area contributed by atoms with Crippen molar-refractivity contribution in [3.63, 3.8) is 0 Å². The van der Waals surface area contributed by atoms with E-state index in [4.69, 9.17) is 9.68 Å². The third-order valence-corrected chi connectivity index (χ3v) is 7.62. The van der Waals surface area contributed by atoms with Gasteiger partial charge in [-0.3, -0.25) is 0 Å². The summed E-state index contributed by atoms with van der Waals surface area (Å²) in [6.07, 6.45) is 4.51. The van der Waals surface area contributed by atoms with Gasteiger partial charge in [-0.15, -0.1) is 13.2 Å². The molecule has 1 aliphatic carbocycles. The highest BCUT2D eigenvalue weighted by Gasteiger charge is 2.33. The number of nitrogens with zero attached hydrogens (tertiary/aromatic N) is 3. The first-order valence-electron chi connectivity index (χ1n) is 13.2. The minimum atomic E-state index is -4.79. The van der Waals surface area contributed by atoms with Crippen LogP contribution in [0.25, 0.3) is 11.3 Å². The van der Waals surface area contributed by atoms with Crippen molar-refractivity contribution >= 4 is 11.7 Å². The average Bonchev–Trinajstić information content (AvgIpc) is 3.38. The zero-order valence-corrected chi connectivity index (χ0v) is 21.1. The van der Waals surface area contributed by atoms with Crippen molar-refractivity contribution in [1.29, 1.82) is 5.26 Å². The molecule has 0 amide bonds. The summed E-state index contributed by atoms with van der Waals surface area (Å²) >= 11 is 0. The lowest BCUT2D eigenvalue weighted by Crippen LogP contribution is -2.39. The van der Waals surface area contributed by atoms with Gasteiger partial charge in [-0.05, 0) is 80.3 Å². The number of hydrogen-bond donors (Lipinski definition) is 1. The molecule has 1 N–H and O–H groups in total. The first-order chi connectivity index (χ1) is 18.4. The fourth-order valence-corrected chi connectivity index (χ4v) is 5.85. The van der Waals surface area contributed by atoms with Gasteiger partial charge in [-0.1, -0.05) is 25.0 Å². The van der Waals surface area contributed by atoms with E-state index in [0.717, 1.165) is 50.9 Å². The smallest absolute Gasteiger partial charge is 0.423 e. The van der Waals surface area contributed by atoms with Crippen LogP contribution in [0.4, 0.5) is 24.9 Å². The Kier molecular flexibility index (Phi) is 7.77. The molecule has 6 nitrogen and oxygen atoms in total. The zero-order valence-electron chi connectivity index (χ0n) is 21.1. The molecule has 2 aliphatic rings. The molecule has 9 heteroatoms. The van der Waals surface area contributed by atoms with Crippen molar-refractivity contribution in [2.24, 2.45) is 11.8 Å². The summed E-state index contributed by atoms with van der Waals surface area (Å²) in [6.45, 7) is 2.02. The topological polar surface area (TPSA) is 74.3 Å². The number of rotatable bonds is 7. The van der Waals surface area contributed by atoms with E-state index in [0.29, 0.717) is 23.4 Å². The number of aromatic nitrogens is 1. The number of hydrogen-bond acceptors (Lipinski definition) is 6. The second-order valence-corrected chi connectivity index (χ2v) is 10.2. The van der Waals surface area contributed by atoms with Gasteiger partial charge in [0.25, 0.3) is 6.01 Å². The highest BCUT2D eigenvalue weighted by atomic mass is 19.4. The van der Waals surface area contributed by atoms with Crippen molar-refractivity contribution in [3.05, 3.63) is 60.3 Å². The molecule has 1 saturated carbocycles. The molecule has 5 rings (SSSR count). The number of halogens is 3. The molecule has 0 spiro atoms. The molecule has 1 saturated heterocycles. The van der Waals surface area contributed by atoms with Gasteiger partial charge < -0.3 is 19.4 Å². The number of benzene rings is 2. The van der Waals surface area contributed by atoms with Gasteiger partial charge in [0.05, 0.1) is 23.4 Å². The van der Waals surface area contributed by atoms with Crippen molar-refractivity contribution in [3.8, 4) is 23.1 Å². The lowest BCUT2D eigenvalue weighted by atomic mass is 9.77. The standard InChI is InChI=1S/C29H31F3N4O2/c30-29(31,32)38-26-10-4-2-8-24(26)27-18-34-28(37-27)35-25-9-3-1-7-22(25)16-21-6-5-15-36(19-21)23-13-11-20(17-33)12-14-23/h2,4,8,10-14,18,21-22,25H,1,3,5-7,9,15-16,19H2,(H,34,35)/t21-,22+,25-/m1/s1. The summed E-state index contributed by atoms with van der Waals surface area (Å²) in [7, 11) is 0. The second-order valence-electron chi connectivity index (χ2n) is 10.2. The number of para-hydroxylation sites is 1. The Morgan fingerprint density at radius 1 is 1.05 bits per heavy atom. The van der Waals surface area contributed by atoms with Crippen molar-refractivity contribution in [2.75, 3.05) is 23.3 Å². The summed E-state index contributed by atoms with van der Waals surface area (Å²) in [4.78, 5) is 6.74. The van der Waals surface area contributed by atoms with E-state index in [2.05, 4.69) is 26.0 Å². The molecule has 2 aromatic carbocycles. The third-order valence-electron chi connectivity index (χ3n) is 7.62. The summed E-state index contributed by atoms with van der Waals surface area (Å²) in [5, 5.41) is 12.5. The normalized spacial score (nSPS) is 22.1. The Morgan fingerprint density at radius 2 is 1.84 bits per heavy atom. The molecule has 0 unspecified atom stereocenters. The molecular formula is C29H31F3N4O2. The van der Waals surface area contributed by atoms with Gasteiger partial charge in [0.1, 0.15) is 5.75 Å². The number of alkyl halides is 3. The third kappa shape index (κ3) is 6.42. The minimum Gasteiger partial charge on any atom is -0.423 e. The molecule has 200 valence electrons. The fraction of sp³-hybridized carbons (Fsp3) is 0.448. The van der Waals surface area contributed by atoms with Gasteiger partial charge in [-0.25, -0.2) is 4.98 Å². The lowest BCUT2D eigenvalue weighted by Gasteiger charge is -2.39. The summed E-state index contributed by atoms with van der Waals surface area (Å²) in [5.74, 6) is 0.941. The Bertz CT molecular complexity index is 1250. The largest absolute Gasteiger partial charge is 0.573 e. The molecule has 2 heterocycles. The molecule has 2 fully saturated rings. The Labute approximate surface area is 220 Å². The van der Waals surface area contributed by atoms with E-state index >= 15 is 0 Å². The van der Waals surface area contributed by atoms with Crippen LogP contribution in [0.2, 0.25) is 0 Å². The minimum absolute atomic E-state index is 0.196. The van der Waals surface area contributed by atoms with E-state index in [1.807, 2.05) is 24.3 Å². The van der Waals surface area contributed by atoms with Gasteiger partial charge >= 0.3 is 6.36 Å². The number of nitrogens with one attached hydrogen (secondary N) is 1. The summed E-state index contributed by atoms with van der Waals surface area (Å²) < 4.78 is 48.6. The van der Waals surface area contributed by atoms with Crippen LogP contribution in [0.5, 0.6) is 5.75 Å². The van der Waals surface area contributed by atoms with E-state index in [1.54, 1.807) is 6.07 Å². The fourth-order valence-electron chi connectivity index (χ4n) is 5.85. The maximum Gasteiger partial charge on any atom is 0.573 e. The van der Waals surface area contributed by atoms with Crippen molar-refractivity contribution in [2.45, 2.75) is 57.3 Å². The Hall–Kier alpha value is -3.67. The summed E-state index contributed by atoms with van der Waals surface area (Å²) in [6, 6.07) is 16.4. The molecular weight excluding hydrogens is 493 g/mol. The SMILES string of the molecule is N#Cc1ccc(N2CCC[C@H](C[C@@H]3CCCC[C@H]3Nc3ncc(-c4ccccc4OC(F)(F)F)o3)C2)cc1. The van der Waals surface area contributed by atoms with Crippen LogP contribution in [0.15, 0.2) is 59.1 Å². The van der Waals surface area contributed by atoms with Gasteiger partial charge in [0.2, 0.25) is 0 Å². The van der Waals surface area contributed by atoms with E-state index in [9.17, 15) is 13.2 Å². The van der Waals surface area contributed by atoms with Crippen LogP contribution in [0, 0.1) is 23.2 Å². The van der Waals surface area contributed by atoms with Gasteiger partial charge in [0, 0.05) is 24.8 Å². The molecule has 0 radical (unpaired) electrons. The van der Waals surface area contributed by atoms with Crippen molar-refractivity contribution in [1.82, 2.24) is 4.98 Å². The highest BCUT2D eigenvalue weighted by Crippen LogP contribution is 2.37. The van der Waals surface area contributed by atoms with E-state index in [-0.39, 0.29) is 23.1 Å². The zero-order chi connectivity index (χ0) is 26.5. The van der Waals surface area contributed by atoms with Gasteiger partial charge in [0.15, 0.2) is 5.76 Å². The molecule has 3 aromatic rings. The van der Waals surface area contributed by atoms with Crippen molar-refractivity contribution < 1.29 is 22.3 Å². The molecule has 1 aliphatic heterocycles. The van der Waals surface area contributed by atoms with Crippen LogP contribution in [-0.2, 0) is 0 Å². The number of oxazole rings is 1. The Morgan fingerprint density at radius 3 is 2.63 bits per heavy atom. The molecule has 38 heavy (non-hydrogen) atoms. The van der Waals surface area contributed by atoms with Crippen LogP contribution >= 0.6 is 0 Å². The van der Waals surface area contributed by atoms with Crippen LogP contribution in [0.1, 0.15) is 50.5 Å². The molecule has 1 aromatic heterocycles. The van der Waals surface area contributed by atoms with Crippen LogP contribution in [-0.4, -0.2) is 30.5 Å². The first kappa shape index (κ1) is 26.0.